The highest BCUT2D eigenvalue weighted by Crippen LogP contribution is 2.30. The van der Waals surface area contributed by atoms with Crippen LogP contribution in [-0.2, 0) is 9.53 Å². The molecule has 1 unspecified atom stereocenters. The molecule has 0 saturated carbocycles. The lowest BCUT2D eigenvalue weighted by molar-refractivity contribution is -0.153. The molecule has 0 saturated heterocycles. The van der Waals surface area contributed by atoms with Crippen LogP contribution < -0.4 is 0 Å². The van der Waals surface area contributed by atoms with E-state index in [9.17, 15) is 20.1 Å². The number of likely N-dealkylation sites (N-methyl/N-ethyl adjacent to an activating group) is 1. The van der Waals surface area contributed by atoms with Gasteiger partial charge in [0.15, 0.2) is 11.5 Å². The lowest BCUT2D eigenvalue weighted by Crippen LogP contribution is -2.44. The molecule has 0 aliphatic heterocycles. The molecule has 0 aromatic heterocycles. The van der Waals surface area contributed by atoms with Crippen molar-refractivity contribution < 1.29 is 24.9 Å². The van der Waals surface area contributed by atoms with Crippen LogP contribution in [0.2, 0.25) is 0 Å². The van der Waals surface area contributed by atoms with E-state index in [1.54, 1.807) is 18.9 Å². The Kier molecular flexibility index (Phi) is 5.79. The molecular weight excluding hydrogens is 262 g/mol. The maximum absolute atomic E-state index is 12.0. The van der Waals surface area contributed by atoms with Crippen LogP contribution in [0.1, 0.15) is 25.5 Å². The molecule has 1 aromatic carbocycles. The Labute approximate surface area is 118 Å². The summed E-state index contributed by atoms with van der Waals surface area (Å²) in [6.45, 7) is 4.32. The van der Waals surface area contributed by atoms with Crippen LogP contribution in [0.15, 0.2) is 18.2 Å². The number of aromatic hydroxyl groups is 2. The second-order valence-corrected chi connectivity index (χ2v) is 4.46. The van der Waals surface area contributed by atoms with Crippen molar-refractivity contribution in [3.05, 3.63) is 23.8 Å². The van der Waals surface area contributed by atoms with E-state index < -0.39 is 18.1 Å². The monoisotopic (exact) mass is 283 g/mol. The summed E-state index contributed by atoms with van der Waals surface area (Å²) in [4.78, 5) is 13.6. The fraction of sp³-hybridized carbons (Fsp3) is 0.500. The Balaban J connectivity index is 3.05. The van der Waals surface area contributed by atoms with Crippen LogP contribution in [0, 0.1) is 0 Å². The average molecular weight is 283 g/mol. The van der Waals surface area contributed by atoms with Gasteiger partial charge in [0.1, 0.15) is 12.1 Å². The largest absolute Gasteiger partial charge is 0.504 e. The average Bonchev–Trinajstić information content (AvgIpc) is 2.42. The zero-order valence-electron chi connectivity index (χ0n) is 11.9. The fourth-order valence-corrected chi connectivity index (χ4v) is 1.88. The van der Waals surface area contributed by atoms with Crippen molar-refractivity contribution >= 4 is 5.97 Å². The van der Waals surface area contributed by atoms with Crippen LogP contribution in [0.4, 0.5) is 0 Å². The van der Waals surface area contributed by atoms with E-state index >= 15 is 0 Å². The van der Waals surface area contributed by atoms with E-state index in [0.29, 0.717) is 12.1 Å². The first kappa shape index (κ1) is 16.3. The minimum absolute atomic E-state index is 0.223. The number of carbonyl (C=O) groups is 1. The van der Waals surface area contributed by atoms with Gasteiger partial charge in [-0.1, -0.05) is 13.0 Å². The first-order valence-corrected chi connectivity index (χ1v) is 6.49. The summed E-state index contributed by atoms with van der Waals surface area (Å²) in [6, 6.07) is 3.08. The molecule has 112 valence electrons. The van der Waals surface area contributed by atoms with Crippen molar-refractivity contribution in [1.82, 2.24) is 4.90 Å². The van der Waals surface area contributed by atoms with E-state index in [-0.39, 0.29) is 18.1 Å². The molecule has 0 spiro atoms. The molecule has 0 aliphatic rings. The number of carbonyl (C=O) groups excluding carboxylic acids is 1. The summed E-state index contributed by atoms with van der Waals surface area (Å²) in [6.07, 6.45) is -1.16. The number of nitrogens with zero attached hydrogens (tertiary/aromatic N) is 1. The van der Waals surface area contributed by atoms with Crippen molar-refractivity contribution in [2.24, 2.45) is 0 Å². The number of ether oxygens (including phenoxy) is 1. The maximum Gasteiger partial charge on any atom is 0.326 e. The molecule has 0 amide bonds. The van der Waals surface area contributed by atoms with Crippen LogP contribution >= 0.6 is 0 Å². The van der Waals surface area contributed by atoms with Gasteiger partial charge in [-0.25, -0.2) is 0 Å². The molecule has 3 N–H and O–H groups in total. The highest BCUT2D eigenvalue weighted by molar-refractivity contribution is 5.77. The summed E-state index contributed by atoms with van der Waals surface area (Å²) in [5, 5.41) is 29.1. The van der Waals surface area contributed by atoms with Gasteiger partial charge in [-0.05, 0) is 38.2 Å². The molecule has 20 heavy (non-hydrogen) atoms. The van der Waals surface area contributed by atoms with Gasteiger partial charge in [-0.15, -0.1) is 0 Å². The van der Waals surface area contributed by atoms with Crippen LogP contribution in [0.25, 0.3) is 0 Å². The summed E-state index contributed by atoms with van der Waals surface area (Å²) in [7, 11) is 1.70. The Morgan fingerprint density at radius 3 is 2.45 bits per heavy atom. The second kappa shape index (κ2) is 7.12. The number of rotatable bonds is 6. The number of hydrogen-bond acceptors (Lipinski definition) is 6. The zero-order chi connectivity index (χ0) is 15.3. The van der Waals surface area contributed by atoms with Gasteiger partial charge in [0.05, 0.1) is 6.61 Å². The quantitative estimate of drug-likeness (QED) is 0.533. The molecular formula is C14H21NO5. The maximum atomic E-state index is 12.0. The Bertz CT molecular complexity index is 463. The predicted octanol–water partition coefficient (Wildman–Crippen LogP) is 1.01. The van der Waals surface area contributed by atoms with Crippen molar-refractivity contribution in [1.29, 1.82) is 0 Å². The summed E-state index contributed by atoms with van der Waals surface area (Å²) >= 11 is 0. The second-order valence-electron chi connectivity index (χ2n) is 4.46. The number of aliphatic hydroxyl groups excluding tert-OH is 1. The van der Waals surface area contributed by atoms with E-state index in [1.165, 1.54) is 18.2 Å². The molecule has 0 aliphatic carbocycles. The van der Waals surface area contributed by atoms with Crippen LogP contribution in [-0.4, -0.2) is 52.4 Å². The van der Waals surface area contributed by atoms with Crippen LogP contribution in [0.3, 0.4) is 0 Å². The van der Waals surface area contributed by atoms with E-state index in [2.05, 4.69) is 0 Å². The molecule has 0 heterocycles. The molecule has 1 aromatic rings. The first-order chi connectivity index (χ1) is 9.42. The number of phenolic OH excluding ortho intramolecular Hbond substituents is 2. The molecule has 6 nitrogen and oxygen atoms in total. The van der Waals surface area contributed by atoms with Gasteiger partial charge >= 0.3 is 5.97 Å². The van der Waals surface area contributed by atoms with E-state index in [0.717, 1.165) is 0 Å². The third kappa shape index (κ3) is 3.61. The van der Waals surface area contributed by atoms with E-state index in [4.69, 9.17) is 4.74 Å². The van der Waals surface area contributed by atoms with Gasteiger partial charge in [0, 0.05) is 0 Å². The smallest absolute Gasteiger partial charge is 0.326 e. The molecule has 2 atom stereocenters. The molecule has 0 bridgehead atoms. The number of phenols is 2. The third-order valence-electron chi connectivity index (χ3n) is 3.14. The minimum Gasteiger partial charge on any atom is -0.504 e. The standard InChI is InChI=1S/C14H21NO5/c1-4-15(3)12(14(19)20-5-2)13(18)9-6-7-10(16)11(17)8-9/h6-8,12-13,16-18H,4-5H2,1-3H3/t12-,13?/m0/s1. The number of aliphatic hydroxyl groups is 1. The van der Waals surface area contributed by atoms with Crippen molar-refractivity contribution in [2.45, 2.75) is 26.0 Å². The normalized spacial score (nSPS) is 14.1. The van der Waals surface area contributed by atoms with Crippen molar-refractivity contribution in [3.8, 4) is 11.5 Å². The molecule has 6 heteroatoms. The van der Waals surface area contributed by atoms with Crippen molar-refractivity contribution in [3.63, 3.8) is 0 Å². The molecule has 1 rings (SSSR count). The Morgan fingerprint density at radius 1 is 1.30 bits per heavy atom. The third-order valence-corrected chi connectivity index (χ3v) is 3.14. The lowest BCUT2D eigenvalue weighted by atomic mass is 10.0. The van der Waals surface area contributed by atoms with Gasteiger partial charge in [0.25, 0.3) is 0 Å². The van der Waals surface area contributed by atoms with Gasteiger partial charge in [0.2, 0.25) is 0 Å². The first-order valence-electron chi connectivity index (χ1n) is 6.49. The highest BCUT2D eigenvalue weighted by atomic mass is 16.5. The number of esters is 1. The predicted molar refractivity (Wildman–Crippen MR) is 73.5 cm³/mol. The SMILES string of the molecule is CCOC(=O)[C@H](C(O)c1ccc(O)c(O)c1)N(C)CC. The number of benzene rings is 1. The summed E-state index contributed by atoms with van der Waals surface area (Å²) < 4.78 is 4.97. The van der Waals surface area contributed by atoms with E-state index in [1.807, 2.05) is 6.92 Å². The highest BCUT2D eigenvalue weighted by Gasteiger charge is 2.32. The van der Waals surface area contributed by atoms with Gasteiger partial charge in [-0.3, -0.25) is 9.69 Å². The topological polar surface area (TPSA) is 90.2 Å². The Morgan fingerprint density at radius 2 is 1.95 bits per heavy atom. The summed E-state index contributed by atoms with van der Waals surface area (Å²) in [5.41, 5.74) is 0.332. The lowest BCUT2D eigenvalue weighted by Gasteiger charge is -2.29. The minimum atomic E-state index is -1.16. The fourth-order valence-electron chi connectivity index (χ4n) is 1.88. The Hall–Kier alpha value is -1.79. The molecule has 0 fully saturated rings. The molecule has 0 radical (unpaired) electrons. The van der Waals surface area contributed by atoms with Gasteiger partial charge < -0.3 is 20.1 Å². The zero-order valence-corrected chi connectivity index (χ0v) is 11.9. The van der Waals surface area contributed by atoms with Crippen LogP contribution in [0.5, 0.6) is 11.5 Å². The van der Waals surface area contributed by atoms with Crippen molar-refractivity contribution in [2.75, 3.05) is 20.2 Å². The van der Waals surface area contributed by atoms with Gasteiger partial charge in [-0.2, -0.15) is 0 Å². The summed E-state index contributed by atoms with van der Waals surface area (Å²) in [5.74, 6) is -1.15. The number of hydrogen-bond donors (Lipinski definition) is 3.